The summed E-state index contributed by atoms with van der Waals surface area (Å²) in [7, 11) is 0. The first-order valence-corrected chi connectivity index (χ1v) is 3.36. The highest BCUT2D eigenvalue weighted by Gasteiger charge is 2.12. The van der Waals surface area contributed by atoms with E-state index in [1.54, 1.807) is 12.1 Å². The molecule has 5 heteroatoms. The molecule has 2 aromatic heterocycles. The Kier molecular flexibility index (Phi) is 1.49. The van der Waals surface area contributed by atoms with Crippen molar-refractivity contribution in [2.24, 2.45) is 0 Å². The first-order valence-electron chi connectivity index (χ1n) is 3.36. The molecule has 0 spiro atoms. The number of H-pyrrole nitrogens is 1. The van der Waals surface area contributed by atoms with Gasteiger partial charge < -0.3 is 4.98 Å². The van der Waals surface area contributed by atoms with Crippen LogP contribution in [-0.2, 0) is 0 Å². The largest absolute Gasteiger partial charge is 0.336 e. The van der Waals surface area contributed by atoms with Gasteiger partial charge in [-0.2, -0.15) is 0 Å². The number of aromatic amines is 1. The van der Waals surface area contributed by atoms with Crippen LogP contribution in [0.1, 0.15) is 12.2 Å². The van der Waals surface area contributed by atoms with Gasteiger partial charge in [-0.1, -0.05) is 0 Å². The summed E-state index contributed by atoms with van der Waals surface area (Å²) < 4.78 is 24.2. The van der Waals surface area contributed by atoms with Crippen molar-refractivity contribution in [3.8, 4) is 0 Å². The molecule has 1 N–H and O–H groups in total. The second-order valence-corrected chi connectivity index (χ2v) is 2.30. The van der Waals surface area contributed by atoms with E-state index in [-0.39, 0.29) is 5.82 Å². The van der Waals surface area contributed by atoms with Crippen LogP contribution in [0.5, 0.6) is 0 Å². The minimum atomic E-state index is -2.57. The molecule has 0 bridgehead atoms. The number of fused-ring (bicyclic) bond motifs is 1. The number of aromatic nitrogens is 3. The van der Waals surface area contributed by atoms with Crippen molar-refractivity contribution in [3.05, 3.63) is 24.2 Å². The summed E-state index contributed by atoms with van der Waals surface area (Å²) in [6, 6.07) is 3.32. The van der Waals surface area contributed by atoms with E-state index in [0.717, 1.165) is 0 Å². The third-order valence-electron chi connectivity index (χ3n) is 1.48. The highest BCUT2D eigenvalue weighted by molar-refractivity contribution is 5.69. The van der Waals surface area contributed by atoms with Crippen LogP contribution in [-0.4, -0.2) is 15.0 Å². The van der Waals surface area contributed by atoms with Gasteiger partial charge in [0.05, 0.1) is 5.52 Å². The van der Waals surface area contributed by atoms with Crippen molar-refractivity contribution >= 4 is 11.2 Å². The van der Waals surface area contributed by atoms with E-state index in [0.29, 0.717) is 11.2 Å². The predicted molar refractivity (Wildman–Crippen MR) is 38.8 cm³/mol. The topological polar surface area (TPSA) is 41.6 Å². The third-order valence-corrected chi connectivity index (χ3v) is 1.48. The summed E-state index contributed by atoms with van der Waals surface area (Å²) in [6.45, 7) is 0. The van der Waals surface area contributed by atoms with Crippen LogP contribution < -0.4 is 0 Å². The van der Waals surface area contributed by atoms with Crippen LogP contribution in [0.25, 0.3) is 11.2 Å². The first-order chi connectivity index (χ1) is 5.77. The van der Waals surface area contributed by atoms with Crippen LogP contribution in [0.2, 0.25) is 0 Å². The molecule has 0 fully saturated rings. The maximum absolute atomic E-state index is 12.1. The lowest BCUT2D eigenvalue weighted by Crippen LogP contribution is -1.85. The molecule has 0 radical (unpaired) electrons. The molecule has 0 aliphatic heterocycles. The second kappa shape index (κ2) is 2.51. The van der Waals surface area contributed by atoms with E-state index in [1.165, 1.54) is 6.20 Å². The van der Waals surface area contributed by atoms with Gasteiger partial charge in [0.15, 0.2) is 11.5 Å². The summed E-state index contributed by atoms with van der Waals surface area (Å²) in [6.07, 6.45) is -1.06. The Morgan fingerprint density at radius 2 is 2.25 bits per heavy atom. The van der Waals surface area contributed by atoms with Crippen molar-refractivity contribution in [2.75, 3.05) is 0 Å². The molecule has 12 heavy (non-hydrogen) atoms. The van der Waals surface area contributed by atoms with Gasteiger partial charge in [0.2, 0.25) is 0 Å². The molecule has 0 saturated heterocycles. The van der Waals surface area contributed by atoms with Gasteiger partial charge in [-0.25, -0.2) is 18.7 Å². The van der Waals surface area contributed by atoms with Gasteiger partial charge in [0, 0.05) is 6.20 Å². The lowest BCUT2D eigenvalue weighted by Gasteiger charge is -1.87. The maximum atomic E-state index is 12.1. The number of nitrogens with one attached hydrogen (secondary N) is 1. The smallest absolute Gasteiger partial charge is 0.295 e. The molecule has 0 aliphatic rings. The molecule has 0 atom stereocenters. The van der Waals surface area contributed by atoms with Crippen molar-refractivity contribution in [1.82, 2.24) is 15.0 Å². The minimum absolute atomic E-state index is 0.327. The molecular weight excluding hydrogens is 164 g/mol. The minimum Gasteiger partial charge on any atom is -0.336 e. The summed E-state index contributed by atoms with van der Waals surface area (Å²) in [5, 5.41) is 0. The van der Waals surface area contributed by atoms with Gasteiger partial charge in [0.1, 0.15) is 0 Å². The average Bonchev–Trinajstić information content (AvgIpc) is 2.46. The maximum Gasteiger partial charge on any atom is 0.295 e. The summed E-state index contributed by atoms with van der Waals surface area (Å²) in [5.41, 5.74) is 0.862. The Morgan fingerprint density at radius 3 is 2.92 bits per heavy atom. The van der Waals surface area contributed by atoms with Gasteiger partial charge in [-0.15, -0.1) is 0 Å². The van der Waals surface area contributed by atoms with E-state index < -0.39 is 6.43 Å². The SMILES string of the molecule is FC(F)c1nc2ncccc2[nH]1. The summed E-state index contributed by atoms with van der Waals surface area (Å²) >= 11 is 0. The van der Waals surface area contributed by atoms with Crippen molar-refractivity contribution in [2.45, 2.75) is 6.43 Å². The van der Waals surface area contributed by atoms with Crippen LogP contribution in [0.3, 0.4) is 0 Å². The molecule has 0 amide bonds. The van der Waals surface area contributed by atoms with Crippen LogP contribution in [0.4, 0.5) is 8.78 Å². The monoisotopic (exact) mass is 169 g/mol. The summed E-state index contributed by atoms with van der Waals surface area (Å²) in [5.74, 6) is -0.330. The molecule has 0 saturated carbocycles. The van der Waals surface area contributed by atoms with E-state index in [4.69, 9.17) is 0 Å². The molecule has 2 aromatic rings. The van der Waals surface area contributed by atoms with Crippen molar-refractivity contribution in [1.29, 1.82) is 0 Å². The predicted octanol–water partition coefficient (Wildman–Crippen LogP) is 1.90. The standard InChI is InChI=1S/C7H5F2N3/c8-5(9)7-11-4-2-1-3-10-6(4)12-7/h1-3,5H,(H,10,11,12). The molecule has 2 heterocycles. The number of imidazole rings is 1. The van der Waals surface area contributed by atoms with Gasteiger partial charge in [0.25, 0.3) is 6.43 Å². The lowest BCUT2D eigenvalue weighted by atomic mass is 10.4. The van der Waals surface area contributed by atoms with Gasteiger partial charge in [-0.3, -0.25) is 0 Å². The highest BCUT2D eigenvalue weighted by atomic mass is 19.3. The Morgan fingerprint density at radius 1 is 1.42 bits per heavy atom. The van der Waals surface area contributed by atoms with Gasteiger partial charge in [-0.05, 0) is 12.1 Å². The second-order valence-electron chi connectivity index (χ2n) is 2.30. The van der Waals surface area contributed by atoms with Crippen LogP contribution in [0.15, 0.2) is 18.3 Å². The first kappa shape index (κ1) is 7.15. The third kappa shape index (κ3) is 1.03. The average molecular weight is 169 g/mol. The zero-order chi connectivity index (χ0) is 8.55. The molecule has 62 valence electrons. The molecular formula is C7H5F2N3. The van der Waals surface area contributed by atoms with E-state index in [9.17, 15) is 8.78 Å². The van der Waals surface area contributed by atoms with E-state index in [2.05, 4.69) is 15.0 Å². The zero-order valence-corrected chi connectivity index (χ0v) is 5.96. The fourth-order valence-electron chi connectivity index (χ4n) is 0.967. The fraction of sp³-hybridized carbons (Fsp3) is 0.143. The molecule has 0 aliphatic carbocycles. The summed E-state index contributed by atoms with van der Waals surface area (Å²) in [4.78, 5) is 9.88. The fourth-order valence-corrected chi connectivity index (χ4v) is 0.967. The number of alkyl halides is 2. The molecule has 2 rings (SSSR count). The van der Waals surface area contributed by atoms with Crippen molar-refractivity contribution < 1.29 is 8.78 Å². The normalized spacial score (nSPS) is 11.2. The van der Waals surface area contributed by atoms with Crippen molar-refractivity contribution in [3.63, 3.8) is 0 Å². The number of halogens is 2. The Hall–Kier alpha value is -1.52. The van der Waals surface area contributed by atoms with E-state index >= 15 is 0 Å². The molecule has 0 unspecified atom stereocenters. The molecule has 3 nitrogen and oxygen atoms in total. The number of hydrogen-bond acceptors (Lipinski definition) is 2. The molecule has 0 aromatic carbocycles. The number of rotatable bonds is 1. The Labute approximate surface area is 66.5 Å². The Bertz CT molecular complexity index is 363. The number of pyridine rings is 1. The number of hydrogen-bond donors (Lipinski definition) is 1. The van der Waals surface area contributed by atoms with Gasteiger partial charge >= 0.3 is 0 Å². The van der Waals surface area contributed by atoms with Crippen LogP contribution >= 0.6 is 0 Å². The Balaban J connectivity index is 2.62. The highest BCUT2D eigenvalue weighted by Crippen LogP contribution is 2.17. The quantitative estimate of drug-likeness (QED) is 0.708. The number of nitrogens with zero attached hydrogens (tertiary/aromatic N) is 2. The van der Waals surface area contributed by atoms with Crippen LogP contribution in [0, 0.1) is 0 Å². The lowest BCUT2D eigenvalue weighted by molar-refractivity contribution is 0.142. The van der Waals surface area contributed by atoms with E-state index in [1.807, 2.05) is 0 Å². The zero-order valence-electron chi connectivity index (χ0n) is 5.96.